The number of hydrogen-bond donors (Lipinski definition) is 2. The van der Waals surface area contributed by atoms with Crippen LogP contribution in [0, 0.1) is 5.82 Å². The lowest BCUT2D eigenvalue weighted by atomic mass is 10.2. The largest absolute Gasteiger partial charge is 0.394 e. The Morgan fingerprint density at radius 2 is 2.28 bits per heavy atom. The molecule has 0 radical (unpaired) electrons. The summed E-state index contributed by atoms with van der Waals surface area (Å²) in [5, 5.41) is 12.5. The van der Waals surface area contributed by atoms with Crippen molar-refractivity contribution < 1.29 is 14.3 Å². The zero-order chi connectivity index (χ0) is 12.8. The SMILES string of the molecule is O=C(NC1(CO)CC1)c1cc2c(F)cccc2s1. The van der Waals surface area contributed by atoms with E-state index in [-0.39, 0.29) is 18.3 Å². The van der Waals surface area contributed by atoms with Gasteiger partial charge in [0.2, 0.25) is 0 Å². The van der Waals surface area contributed by atoms with Crippen molar-refractivity contribution >= 4 is 27.3 Å². The smallest absolute Gasteiger partial charge is 0.261 e. The van der Waals surface area contributed by atoms with E-state index in [1.807, 2.05) is 0 Å². The molecule has 1 amide bonds. The van der Waals surface area contributed by atoms with Crippen LogP contribution in [-0.2, 0) is 0 Å². The van der Waals surface area contributed by atoms with Crippen LogP contribution in [0.2, 0.25) is 0 Å². The van der Waals surface area contributed by atoms with Crippen molar-refractivity contribution in [2.45, 2.75) is 18.4 Å². The maximum atomic E-state index is 13.5. The summed E-state index contributed by atoms with van der Waals surface area (Å²) in [5.74, 6) is -0.548. The van der Waals surface area contributed by atoms with E-state index < -0.39 is 5.54 Å². The number of halogens is 1. The molecule has 3 rings (SSSR count). The van der Waals surface area contributed by atoms with Gasteiger partial charge in [0.15, 0.2) is 0 Å². The maximum absolute atomic E-state index is 13.5. The number of aliphatic hydroxyl groups excluding tert-OH is 1. The van der Waals surface area contributed by atoms with Crippen molar-refractivity contribution in [3.63, 3.8) is 0 Å². The summed E-state index contributed by atoms with van der Waals surface area (Å²) in [6.45, 7) is -0.0437. The van der Waals surface area contributed by atoms with Gasteiger partial charge in [0.05, 0.1) is 17.0 Å². The minimum absolute atomic E-state index is 0.0437. The van der Waals surface area contributed by atoms with E-state index in [9.17, 15) is 9.18 Å². The van der Waals surface area contributed by atoms with Crippen LogP contribution >= 0.6 is 11.3 Å². The highest BCUT2D eigenvalue weighted by molar-refractivity contribution is 7.20. The second-order valence-electron chi connectivity index (χ2n) is 4.65. The first-order chi connectivity index (χ1) is 8.63. The summed E-state index contributed by atoms with van der Waals surface area (Å²) in [6.07, 6.45) is 1.60. The van der Waals surface area contributed by atoms with Crippen LogP contribution in [0.4, 0.5) is 4.39 Å². The lowest BCUT2D eigenvalue weighted by Crippen LogP contribution is -2.39. The molecule has 2 N–H and O–H groups in total. The summed E-state index contributed by atoms with van der Waals surface area (Å²) >= 11 is 1.26. The predicted octanol–water partition coefficient (Wildman–Crippen LogP) is 2.30. The van der Waals surface area contributed by atoms with E-state index in [1.165, 1.54) is 17.4 Å². The Hall–Kier alpha value is -1.46. The Morgan fingerprint density at radius 3 is 2.89 bits per heavy atom. The fraction of sp³-hybridized carbons (Fsp3) is 0.308. The average Bonchev–Trinajstić information content (AvgIpc) is 2.98. The van der Waals surface area contributed by atoms with Crippen molar-refractivity contribution in [2.24, 2.45) is 0 Å². The van der Waals surface area contributed by atoms with Gasteiger partial charge in [-0.15, -0.1) is 11.3 Å². The molecule has 3 nitrogen and oxygen atoms in total. The zero-order valence-electron chi connectivity index (χ0n) is 9.57. The van der Waals surface area contributed by atoms with E-state index in [0.29, 0.717) is 10.3 Å². The Bertz CT molecular complexity index is 618. The van der Waals surface area contributed by atoms with Gasteiger partial charge in [0.25, 0.3) is 5.91 Å². The highest BCUT2D eigenvalue weighted by Crippen LogP contribution is 2.35. The molecule has 0 unspecified atom stereocenters. The minimum Gasteiger partial charge on any atom is -0.394 e. The molecule has 0 saturated heterocycles. The quantitative estimate of drug-likeness (QED) is 0.894. The van der Waals surface area contributed by atoms with Gasteiger partial charge in [-0.25, -0.2) is 4.39 Å². The normalized spacial score (nSPS) is 16.8. The second kappa shape index (κ2) is 4.03. The van der Waals surface area contributed by atoms with Crippen molar-refractivity contribution in [1.82, 2.24) is 5.32 Å². The number of thiophene rings is 1. The van der Waals surface area contributed by atoms with Gasteiger partial charge in [-0.1, -0.05) is 6.07 Å². The standard InChI is InChI=1S/C13H12FNO2S/c14-9-2-1-3-10-8(9)6-11(18-10)12(17)15-13(7-16)4-5-13/h1-3,6,16H,4-5,7H2,(H,15,17). The molecule has 5 heteroatoms. The predicted molar refractivity (Wildman–Crippen MR) is 68.3 cm³/mol. The maximum Gasteiger partial charge on any atom is 0.261 e. The van der Waals surface area contributed by atoms with Gasteiger partial charge in [0, 0.05) is 10.1 Å². The van der Waals surface area contributed by atoms with Crippen LogP contribution in [0.25, 0.3) is 10.1 Å². The number of fused-ring (bicyclic) bond motifs is 1. The zero-order valence-corrected chi connectivity index (χ0v) is 10.4. The monoisotopic (exact) mass is 265 g/mol. The Balaban J connectivity index is 1.90. The summed E-state index contributed by atoms with van der Waals surface area (Å²) < 4.78 is 14.3. The fourth-order valence-electron chi connectivity index (χ4n) is 1.91. The fourth-order valence-corrected chi connectivity index (χ4v) is 2.88. The highest BCUT2D eigenvalue weighted by atomic mass is 32.1. The van der Waals surface area contributed by atoms with Crippen LogP contribution in [0.1, 0.15) is 22.5 Å². The number of benzene rings is 1. The van der Waals surface area contributed by atoms with Gasteiger partial charge in [-0.3, -0.25) is 4.79 Å². The Kier molecular flexibility index (Phi) is 2.60. The molecule has 1 aliphatic rings. The molecule has 1 saturated carbocycles. The van der Waals surface area contributed by atoms with E-state index in [0.717, 1.165) is 17.5 Å². The van der Waals surface area contributed by atoms with Gasteiger partial charge >= 0.3 is 0 Å². The number of amides is 1. The summed E-state index contributed by atoms with van der Waals surface area (Å²) in [5.41, 5.74) is -0.439. The lowest BCUT2D eigenvalue weighted by Gasteiger charge is -2.12. The molecule has 0 atom stereocenters. The molecular formula is C13H12FNO2S. The van der Waals surface area contributed by atoms with E-state index >= 15 is 0 Å². The van der Waals surface area contributed by atoms with Crippen LogP contribution in [0.15, 0.2) is 24.3 Å². The summed E-state index contributed by atoms with van der Waals surface area (Å²) in [4.78, 5) is 12.5. The number of carbonyl (C=O) groups excluding carboxylic acids is 1. The van der Waals surface area contributed by atoms with Crippen molar-refractivity contribution in [1.29, 1.82) is 0 Å². The van der Waals surface area contributed by atoms with Crippen LogP contribution in [0.5, 0.6) is 0 Å². The van der Waals surface area contributed by atoms with E-state index in [2.05, 4.69) is 5.32 Å². The van der Waals surface area contributed by atoms with E-state index in [1.54, 1.807) is 18.2 Å². The summed E-state index contributed by atoms with van der Waals surface area (Å²) in [6, 6.07) is 6.37. The Labute approximate surface area is 107 Å². The molecule has 0 aliphatic heterocycles. The number of nitrogens with one attached hydrogen (secondary N) is 1. The number of hydrogen-bond acceptors (Lipinski definition) is 3. The van der Waals surface area contributed by atoms with Gasteiger partial charge in [-0.05, 0) is 31.0 Å². The third-order valence-corrected chi connectivity index (χ3v) is 4.37. The van der Waals surface area contributed by atoms with Crippen molar-refractivity contribution in [3.8, 4) is 0 Å². The third kappa shape index (κ3) is 1.89. The molecule has 1 aliphatic carbocycles. The molecule has 2 aromatic rings. The average molecular weight is 265 g/mol. The second-order valence-corrected chi connectivity index (χ2v) is 5.74. The van der Waals surface area contributed by atoms with Gasteiger partial charge < -0.3 is 10.4 Å². The number of aliphatic hydroxyl groups is 1. The first-order valence-electron chi connectivity index (χ1n) is 5.75. The van der Waals surface area contributed by atoms with Gasteiger partial charge in [0.1, 0.15) is 5.82 Å². The topological polar surface area (TPSA) is 49.3 Å². The molecule has 18 heavy (non-hydrogen) atoms. The van der Waals surface area contributed by atoms with Crippen molar-refractivity contribution in [2.75, 3.05) is 6.61 Å². The summed E-state index contributed by atoms with van der Waals surface area (Å²) in [7, 11) is 0. The minimum atomic E-state index is -0.439. The van der Waals surface area contributed by atoms with Crippen molar-refractivity contribution in [3.05, 3.63) is 35.0 Å². The third-order valence-electron chi connectivity index (χ3n) is 3.27. The molecule has 1 aromatic heterocycles. The van der Waals surface area contributed by atoms with E-state index in [4.69, 9.17) is 5.11 Å². The van der Waals surface area contributed by atoms with Crippen LogP contribution < -0.4 is 5.32 Å². The van der Waals surface area contributed by atoms with Gasteiger partial charge in [-0.2, -0.15) is 0 Å². The Morgan fingerprint density at radius 1 is 1.50 bits per heavy atom. The molecule has 0 spiro atoms. The number of carbonyl (C=O) groups is 1. The molecule has 0 bridgehead atoms. The first-order valence-corrected chi connectivity index (χ1v) is 6.57. The highest BCUT2D eigenvalue weighted by Gasteiger charge is 2.43. The number of rotatable bonds is 3. The molecule has 1 fully saturated rings. The van der Waals surface area contributed by atoms with Crippen LogP contribution in [0.3, 0.4) is 0 Å². The first kappa shape index (κ1) is 11.6. The molecular weight excluding hydrogens is 253 g/mol. The molecule has 1 heterocycles. The molecule has 1 aromatic carbocycles. The lowest BCUT2D eigenvalue weighted by molar-refractivity contribution is 0.0911. The van der Waals surface area contributed by atoms with Crippen LogP contribution in [-0.4, -0.2) is 23.2 Å². The molecule has 94 valence electrons.